The van der Waals surface area contributed by atoms with E-state index in [9.17, 15) is 0 Å². The molecule has 1 fully saturated rings. The average molecular weight is 157 g/mol. The van der Waals surface area contributed by atoms with E-state index in [1.165, 1.54) is 19.3 Å². The number of H-pyrrole nitrogens is 1. The first-order valence-corrected chi connectivity index (χ1v) is 3.94. The summed E-state index contributed by atoms with van der Waals surface area (Å²) in [7, 11) is 0. The van der Waals surface area contributed by atoms with Crippen LogP contribution in [0.3, 0.4) is 0 Å². The van der Waals surface area contributed by atoms with Gasteiger partial charge in [0.05, 0.1) is 16.9 Å². The fourth-order valence-corrected chi connectivity index (χ4v) is 1.51. The van der Waals surface area contributed by atoms with Crippen molar-refractivity contribution in [2.24, 2.45) is 0 Å². The van der Waals surface area contributed by atoms with Gasteiger partial charge in [0.1, 0.15) is 0 Å². The Bertz CT molecular complexity index is 227. The highest BCUT2D eigenvalue weighted by atomic mass is 35.5. The molecule has 2 rings (SSSR count). The minimum atomic E-state index is 0.662. The normalized spacial score (nSPS) is 18.9. The van der Waals surface area contributed by atoms with Gasteiger partial charge in [0.2, 0.25) is 0 Å². The smallest absolute Gasteiger partial charge is 0.0818 e. The molecule has 1 N–H and O–H groups in total. The van der Waals surface area contributed by atoms with E-state index in [0.717, 1.165) is 10.7 Å². The van der Waals surface area contributed by atoms with Gasteiger partial charge in [-0.1, -0.05) is 18.0 Å². The molecule has 3 heteroatoms. The number of hydrogen-bond acceptors (Lipinski definition) is 1. The van der Waals surface area contributed by atoms with Crippen LogP contribution in [0.5, 0.6) is 0 Å². The lowest BCUT2D eigenvalue weighted by atomic mass is 9.83. The molecule has 54 valence electrons. The molecule has 0 saturated heterocycles. The maximum absolute atomic E-state index is 5.85. The Morgan fingerprint density at radius 2 is 2.40 bits per heavy atom. The predicted molar refractivity (Wildman–Crippen MR) is 40.2 cm³/mol. The van der Waals surface area contributed by atoms with Crippen molar-refractivity contribution in [1.29, 1.82) is 0 Å². The highest BCUT2D eigenvalue weighted by Gasteiger charge is 2.22. The zero-order valence-corrected chi connectivity index (χ0v) is 6.36. The van der Waals surface area contributed by atoms with Crippen LogP contribution in [-0.4, -0.2) is 10.2 Å². The Hall–Kier alpha value is -0.500. The second kappa shape index (κ2) is 2.27. The van der Waals surface area contributed by atoms with Crippen molar-refractivity contribution in [2.45, 2.75) is 25.2 Å². The summed E-state index contributed by atoms with van der Waals surface area (Å²) in [6, 6.07) is 0. The van der Waals surface area contributed by atoms with Crippen molar-refractivity contribution in [2.75, 3.05) is 0 Å². The predicted octanol–water partition coefficient (Wildman–Crippen LogP) is 2.33. The van der Waals surface area contributed by atoms with Crippen molar-refractivity contribution in [3.63, 3.8) is 0 Å². The largest absolute Gasteiger partial charge is 0.281 e. The van der Waals surface area contributed by atoms with E-state index >= 15 is 0 Å². The molecular formula is C7H9ClN2. The Balaban J connectivity index is 2.23. The van der Waals surface area contributed by atoms with Crippen LogP contribution < -0.4 is 0 Å². The molecule has 0 aromatic carbocycles. The molecule has 1 heterocycles. The molecule has 0 radical (unpaired) electrons. The molecule has 0 unspecified atom stereocenters. The van der Waals surface area contributed by atoms with E-state index in [2.05, 4.69) is 10.2 Å². The highest BCUT2D eigenvalue weighted by Crippen LogP contribution is 2.37. The summed E-state index contributed by atoms with van der Waals surface area (Å²) in [6.07, 6.45) is 5.54. The molecule has 1 aliphatic rings. The fourth-order valence-electron chi connectivity index (χ4n) is 1.26. The topological polar surface area (TPSA) is 28.7 Å². The van der Waals surface area contributed by atoms with Crippen LogP contribution >= 0.6 is 11.6 Å². The Kier molecular flexibility index (Phi) is 1.42. The molecule has 0 atom stereocenters. The van der Waals surface area contributed by atoms with Crippen molar-refractivity contribution >= 4 is 11.6 Å². The number of hydrogen-bond donors (Lipinski definition) is 1. The number of nitrogens with one attached hydrogen (secondary N) is 1. The molecule has 1 saturated carbocycles. The first-order valence-electron chi connectivity index (χ1n) is 3.56. The molecular weight excluding hydrogens is 148 g/mol. The molecule has 1 aromatic heterocycles. The quantitative estimate of drug-likeness (QED) is 0.664. The van der Waals surface area contributed by atoms with Gasteiger partial charge in [-0.05, 0) is 12.8 Å². The van der Waals surface area contributed by atoms with Gasteiger partial charge in [0, 0.05) is 5.92 Å². The first-order chi connectivity index (χ1) is 4.88. The zero-order chi connectivity index (χ0) is 6.97. The van der Waals surface area contributed by atoms with Crippen molar-refractivity contribution < 1.29 is 0 Å². The van der Waals surface area contributed by atoms with Crippen LogP contribution in [0.4, 0.5) is 0 Å². The van der Waals surface area contributed by atoms with E-state index < -0.39 is 0 Å². The van der Waals surface area contributed by atoms with E-state index in [-0.39, 0.29) is 0 Å². The summed E-state index contributed by atoms with van der Waals surface area (Å²) in [5.41, 5.74) is 1.13. The SMILES string of the molecule is Clc1cn[nH]c1C1CCC1. The van der Waals surface area contributed by atoms with Gasteiger partial charge in [-0.2, -0.15) is 5.10 Å². The van der Waals surface area contributed by atoms with Crippen LogP contribution in [0.15, 0.2) is 6.20 Å². The monoisotopic (exact) mass is 156 g/mol. The summed E-state index contributed by atoms with van der Waals surface area (Å²) in [6.45, 7) is 0. The lowest BCUT2D eigenvalue weighted by molar-refractivity contribution is 0.411. The Morgan fingerprint density at radius 1 is 1.60 bits per heavy atom. The van der Waals surface area contributed by atoms with Crippen molar-refractivity contribution in [3.05, 3.63) is 16.9 Å². The second-order valence-corrected chi connectivity index (χ2v) is 3.17. The van der Waals surface area contributed by atoms with Crippen LogP contribution in [0, 0.1) is 0 Å². The van der Waals surface area contributed by atoms with Gasteiger partial charge in [0.15, 0.2) is 0 Å². The molecule has 0 bridgehead atoms. The molecule has 1 aliphatic carbocycles. The van der Waals surface area contributed by atoms with Gasteiger partial charge < -0.3 is 0 Å². The number of aromatic amines is 1. The molecule has 1 aromatic rings. The standard InChI is InChI=1S/C7H9ClN2/c8-6-4-9-10-7(6)5-2-1-3-5/h4-5H,1-3H2,(H,9,10). The highest BCUT2D eigenvalue weighted by molar-refractivity contribution is 6.31. The molecule has 0 aliphatic heterocycles. The van der Waals surface area contributed by atoms with Gasteiger partial charge in [0.25, 0.3) is 0 Å². The number of nitrogens with zero attached hydrogens (tertiary/aromatic N) is 1. The summed E-state index contributed by atoms with van der Waals surface area (Å²) < 4.78 is 0. The maximum Gasteiger partial charge on any atom is 0.0818 e. The van der Waals surface area contributed by atoms with E-state index in [4.69, 9.17) is 11.6 Å². The van der Waals surface area contributed by atoms with E-state index in [0.29, 0.717) is 5.92 Å². The van der Waals surface area contributed by atoms with Gasteiger partial charge in [-0.25, -0.2) is 0 Å². The fraction of sp³-hybridized carbons (Fsp3) is 0.571. The van der Waals surface area contributed by atoms with Crippen molar-refractivity contribution in [3.8, 4) is 0 Å². The third kappa shape index (κ3) is 0.833. The van der Waals surface area contributed by atoms with Crippen LogP contribution in [0.2, 0.25) is 5.02 Å². The lowest BCUT2D eigenvalue weighted by Crippen LogP contribution is -2.09. The minimum absolute atomic E-state index is 0.662. The Labute approximate surface area is 64.6 Å². The maximum atomic E-state index is 5.85. The summed E-state index contributed by atoms with van der Waals surface area (Å²) in [5, 5.41) is 7.59. The van der Waals surface area contributed by atoms with Gasteiger partial charge >= 0.3 is 0 Å². The summed E-state index contributed by atoms with van der Waals surface area (Å²) >= 11 is 5.85. The molecule has 0 amide bonds. The number of halogens is 1. The summed E-state index contributed by atoms with van der Waals surface area (Å²) in [4.78, 5) is 0. The number of rotatable bonds is 1. The van der Waals surface area contributed by atoms with Gasteiger partial charge in [-0.15, -0.1) is 0 Å². The van der Waals surface area contributed by atoms with Crippen molar-refractivity contribution in [1.82, 2.24) is 10.2 Å². The van der Waals surface area contributed by atoms with E-state index in [1.807, 2.05) is 0 Å². The minimum Gasteiger partial charge on any atom is -0.281 e. The zero-order valence-electron chi connectivity index (χ0n) is 5.60. The molecule has 10 heavy (non-hydrogen) atoms. The third-order valence-electron chi connectivity index (χ3n) is 2.13. The second-order valence-electron chi connectivity index (χ2n) is 2.76. The molecule has 2 nitrogen and oxygen atoms in total. The Morgan fingerprint density at radius 3 is 2.80 bits per heavy atom. The first kappa shape index (κ1) is 6.23. The van der Waals surface area contributed by atoms with Crippen LogP contribution in [-0.2, 0) is 0 Å². The van der Waals surface area contributed by atoms with Crippen LogP contribution in [0.25, 0.3) is 0 Å². The summed E-state index contributed by atoms with van der Waals surface area (Å²) in [5.74, 6) is 0.662. The van der Waals surface area contributed by atoms with Crippen LogP contribution in [0.1, 0.15) is 30.9 Å². The van der Waals surface area contributed by atoms with E-state index in [1.54, 1.807) is 6.20 Å². The average Bonchev–Trinajstić information content (AvgIpc) is 2.12. The lowest BCUT2D eigenvalue weighted by Gasteiger charge is -2.23. The molecule has 0 spiro atoms. The van der Waals surface area contributed by atoms with Gasteiger partial charge in [-0.3, -0.25) is 5.10 Å². The third-order valence-corrected chi connectivity index (χ3v) is 2.43. The number of aromatic nitrogens is 2.